The van der Waals surface area contributed by atoms with E-state index in [0.29, 0.717) is 0 Å². The number of aromatic nitrogens is 3. The molecule has 68 valence electrons. The molecule has 1 atom stereocenters. The molecule has 0 radical (unpaired) electrons. The summed E-state index contributed by atoms with van der Waals surface area (Å²) in [4.78, 5) is 3.39. The first-order valence-electron chi connectivity index (χ1n) is 3.09. The maximum absolute atomic E-state index is 12.0. The lowest BCUT2D eigenvalue weighted by Gasteiger charge is -2.13. The maximum atomic E-state index is 12.0. The molecule has 0 saturated carbocycles. The van der Waals surface area contributed by atoms with Crippen molar-refractivity contribution in [2.75, 3.05) is 0 Å². The van der Waals surface area contributed by atoms with Gasteiger partial charge in [-0.05, 0) is 0 Å². The summed E-state index contributed by atoms with van der Waals surface area (Å²) in [6.07, 6.45) is -3.44. The highest BCUT2D eigenvalue weighted by molar-refractivity contribution is 4.95. The van der Waals surface area contributed by atoms with E-state index in [4.69, 9.17) is 5.73 Å². The van der Waals surface area contributed by atoms with Gasteiger partial charge < -0.3 is 5.73 Å². The van der Waals surface area contributed by atoms with Crippen LogP contribution in [-0.4, -0.2) is 20.9 Å². The van der Waals surface area contributed by atoms with Gasteiger partial charge in [-0.2, -0.15) is 18.3 Å². The molecule has 1 heterocycles. The molecular formula is C5H7F3N4. The van der Waals surface area contributed by atoms with Crippen molar-refractivity contribution in [1.82, 2.24) is 14.8 Å². The van der Waals surface area contributed by atoms with Crippen LogP contribution in [0.1, 0.15) is 11.9 Å². The number of aryl methyl sites for hydroxylation is 1. The zero-order valence-electron chi connectivity index (χ0n) is 6.21. The smallest absolute Gasteiger partial charge is 0.314 e. The molecule has 1 aromatic heterocycles. The Labute approximate surface area is 66.2 Å². The Morgan fingerprint density at radius 1 is 1.58 bits per heavy atom. The SMILES string of the molecule is Cn1ncnc1C(N)C(F)(F)F. The summed E-state index contributed by atoms with van der Waals surface area (Å²) in [5.41, 5.74) is 4.87. The Morgan fingerprint density at radius 3 is 2.50 bits per heavy atom. The molecule has 1 rings (SSSR count). The molecule has 4 nitrogen and oxygen atoms in total. The highest BCUT2D eigenvalue weighted by Gasteiger charge is 2.40. The van der Waals surface area contributed by atoms with Crippen LogP contribution in [0.4, 0.5) is 13.2 Å². The summed E-state index contributed by atoms with van der Waals surface area (Å²) in [6.45, 7) is 0. The average molecular weight is 180 g/mol. The number of nitrogens with two attached hydrogens (primary N) is 1. The summed E-state index contributed by atoms with van der Waals surface area (Å²) < 4.78 is 37.0. The average Bonchev–Trinajstić information content (AvgIpc) is 2.31. The van der Waals surface area contributed by atoms with Crippen LogP contribution in [0.2, 0.25) is 0 Å². The number of nitrogens with zero attached hydrogens (tertiary/aromatic N) is 3. The number of rotatable bonds is 1. The van der Waals surface area contributed by atoms with E-state index in [2.05, 4.69) is 10.1 Å². The van der Waals surface area contributed by atoms with Crippen LogP contribution in [0, 0.1) is 0 Å². The van der Waals surface area contributed by atoms with Crippen molar-refractivity contribution < 1.29 is 13.2 Å². The lowest BCUT2D eigenvalue weighted by molar-refractivity contribution is -0.151. The zero-order chi connectivity index (χ0) is 9.35. The van der Waals surface area contributed by atoms with Gasteiger partial charge >= 0.3 is 6.18 Å². The maximum Gasteiger partial charge on any atom is 0.410 e. The molecule has 1 unspecified atom stereocenters. The molecule has 0 saturated heterocycles. The minimum atomic E-state index is -4.47. The van der Waals surface area contributed by atoms with Gasteiger partial charge in [-0.25, -0.2) is 4.98 Å². The molecule has 1 aromatic rings. The van der Waals surface area contributed by atoms with Gasteiger partial charge in [0.25, 0.3) is 0 Å². The third kappa shape index (κ3) is 1.55. The predicted molar refractivity (Wildman–Crippen MR) is 34.0 cm³/mol. The normalized spacial score (nSPS) is 14.8. The van der Waals surface area contributed by atoms with Gasteiger partial charge in [0.2, 0.25) is 0 Å². The number of alkyl halides is 3. The fourth-order valence-electron chi connectivity index (χ4n) is 0.733. The van der Waals surface area contributed by atoms with E-state index in [1.807, 2.05) is 0 Å². The molecule has 7 heteroatoms. The summed E-state index contributed by atoms with van der Waals surface area (Å²) in [5, 5.41) is 3.48. The highest BCUT2D eigenvalue weighted by Crippen LogP contribution is 2.28. The van der Waals surface area contributed by atoms with Gasteiger partial charge in [-0.3, -0.25) is 4.68 Å². The first kappa shape index (κ1) is 8.98. The molecule has 0 spiro atoms. The Morgan fingerprint density at radius 2 is 2.17 bits per heavy atom. The largest absolute Gasteiger partial charge is 0.410 e. The van der Waals surface area contributed by atoms with Crippen LogP contribution >= 0.6 is 0 Å². The van der Waals surface area contributed by atoms with Gasteiger partial charge in [-0.1, -0.05) is 0 Å². The molecule has 0 aromatic carbocycles. The minimum Gasteiger partial charge on any atom is -0.314 e. The van der Waals surface area contributed by atoms with Crippen molar-refractivity contribution in [3.63, 3.8) is 0 Å². The van der Waals surface area contributed by atoms with Gasteiger partial charge in [0, 0.05) is 7.05 Å². The quantitative estimate of drug-likeness (QED) is 0.679. The zero-order valence-corrected chi connectivity index (χ0v) is 6.21. The third-order valence-electron chi connectivity index (χ3n) is 1.38. The molecule has 0 amide bonds. The van der Waals surface area contributed by atoms with E-state index in [0.717, 1.165) is 11.0 Å². The molecule has 0 aliphatic heterocycles. The Bertz CT molecular complexity index is 266. The molecule has 12 heavy (non-hydrogen) atoms. The predicted octanol–water partition coefficient (Wildman–Crippen LogP) is 0.377. The fourth-order valence-corrected chi connectivity index (χ4v) is 0.733. The second kappa shape index (κ2) is 2.74. The van der Waals surface area contributed by atoms with E-state index < -0.39 is 12.2 Å². The van der Waals surface area contributed by atoms with Crippen molar-refractivity contribution in [2.24, 2.45) is 12.8 Å². The summed E-state index contributed by atoms with van der Waals surface area (Å²) >= 11 is 0. The topological polar surface area (TPSA) is 56.7 Å². The second-order valence-electron chi connectivity index (χ2n) is 2.26. The van der Waals surface area contributed by atoms with Gasteiger partial charge in [0.1, 0.15) is 6.33 Å². The molecule has 0 aliphatic carbocycles. The van der Waals surface area contributed by atoms with Crippen LogP contribution in [0.5, 0.6) is 0 Å². The highest BCUT2D eigenvalue weighted by atomic mass is 19.4. The van der Waals surface area contributed by atoms with Crippen molar-refractivity contribution in [2.45, 2.75) is 12.2 Å². The molecule has 2 N–H and O–H groups in total. The third-order valence-corrected chi connectivity index (χ3v) is 1.38. The summed E-state index contributed by atoms with van der Waals surface area (Å²) in [5.74, 6) is -0.289. The van der Waals surface area contributed by atoms with E-state index in [1.165, 1.54) is 7.05 Å². The van der Waals surface area contributed by atoms with Crippen LogP contribution in [-0.2, 0) is 7.05 Å². The monoisotopic (exact) mass is 180 g/mol. The van der Waals surface area contributed by atoms with Crippen LogP contribution in [0.25, 0.3) is 0 Å². The number of hydrogen-bond acceptors (Lipinski definition) is 3. The van der Waals surface area contributed by atoms with Crippen molar-refractivity contribution in [3.8, 4) is 0 Å². The molecular weight excluding hydrogens is 173 g/mol. The Balaban J connectivity index is 2.92. The molecule has 0 bridgehead atoms. The first-order valence-corrected chi connectivity index (χ1v) is 3.09. The number of halogens is 3. The van der Waals surface area contributed by atoms with Gasteiger partial charge in [0.15, 0.2) is 11.9 Å². The molecule has 0 fully saturated rings. The number of hydrogen-bond donors (Lipinski definition) is 1. The van der Waals surface area contributed by atoms with E-state index in [-0.39, 0.29) is 5.82 Å². The lowest BCUT2D eigenvalue weighted by Crippen LogP contribution is -2.31. The van der Waals surface area contributed by atoms with Gasteiger partial charge in [-0.15, -0.1) is 0 Å². The van der Waals surface area contributed by atoms with Crippen molar-refractivity contribution in [3.05, 3.63) is 12.2 Å². The summed E-state index contributed by atoms with van der Waals surface area (Å²) in [6, 6.07) is -2.06. The van der Waals surface area contributed by atoms with Crippen LogP contribution in [0.15, 0.2) is 6.33 Å². The van der Waals surface area contributed by atoms with Gasteiger partial charge in [0.05, 0.1) is 0 Å². The Kier molecular flexibility index (Phi) is 2.05. The van der Waals surface area contributed by atoms with Crippen LogP contribution < -0.4 is 5.73 Å². The lowest BCUT2D eigenvalue weighted by atomic mass is 10.3. The molecule has 0 aliphatic rings. The standard InChI is InChI=1S/C5H7F3N4/c1-12-4(10-2-11-12)3(9)5(6,7)8/h2-3H,9H2,1H3. The Hall–Kier alpha value is -1.11. The van der Waals surface area contributed by atoms with Crippen molar-refractivity contribution >= 4 is 0 Å². The minimum absolute atomic E-state index is 0.289. The van der Waals surface area contributed by atoms with Crippen LogP contribution in [0.3, 0.4) is 0 Å². The van der Waals surface area contributed by atoms with E-state index in [9.17, 15) is 13.2 Å². The van der Waals surface area contributed by atoms with E-state index >= 15 is 0 Å². The fraction of sp³-hybridized carbons (Fsp3) is 0.600. The van der Waals surface area contributed by atoms with E-state index in [1.54, 1.807) is 0 Å². The first-order chi connectivity index (χ1) is 5.43. The second-order valence-corrected chi connectivity index (χ2v) is 2.26. The van der Waals surface area contributed by atoms with Crippen molar-refractivity contribution in [1.29, 1.82) is 0 Å². The summed E-state index contributed by atoms with van der Waals surface area (Å²) in [7, 11) is 1.36.